The van der Waals surface area contributed by atoms with E-state index in [1.54, 1.807) is 0 Å². The van der Waals surface area contributed by atoms with Crippen LogP contribution in [0.4, 0.5) is 0 Å². The van der Waals surface area contributed by atoms with Crippen LogP contribution in [0.5, 0.6) is 0 Å². The average molecular weight is 168 g/mol. The van der Waals surface area contributed by atoms with Crippen molar-refractivity contribution in [3.8, 4) is 0 Å². The van der Waals surface area contributed by atoms with Crippen molar-refractivity contribution in [2.45, 2.75) is 45.1 Å². The number of hydrogen-bond donors (Lipinski definition) is 0. The molecule has 0 radical (unpaired) electrons. The second kappa shape index (κ2) is 3.37. The summed E-state index contributed by atoms with van der Waals surface area (Å²) in [4.78, 5) is 0. The van der Waals surface area contributed by atoms with E-state index in [2.05, 4.69) is 6.92 Å². The Morgan fingerprint density at radius 3 is 2.08 bits per heavy atom. The second-order valence-corrected chi connectivity index (χ2v) is 4.59. The Labute approximate surface area is 75.5 Å². The molecule has 2 fully saturated rings. The zero-order valence-corrected chi connectivity index (χ0v) is 8.25. The minimum absolute atomic E-state index is 0.595. The Morgan fingerprint density at radius 2 is 1.67 bits per heavy atom. The quantitative estimate of drug-likeness (QED) is 0.616. The van der Waals surface area contributed by atoms with E-state index in [9.17, 15) is 0 Å². The third kappa shape index (κ3) is 1.39. The molecule has 70 valence electrons. The molecule has 1 nitrogen and oxygen atoms in total. The van der Waals surface area contributed by atoms with Crippen LogP contribution < -0.4 is 0 Å². The molecule has 0 aromatic carbocycles. The summed E-state index contributed by atoms with van der Waals surface area (Å²) in [6, 6.07) is 0. The summed E-state index contributed by atoms with van der Waals surface area (Å²) in [7, 11) is 1.86. The third-order valence-electron chi connectivity index (χ3n) is 3.98. The van der Waals surface area contributed by atoms with Gasteiger partial charge in [-0.15, -0.1) is 0 Å². The molecule has 2 atom stereocenters. The van der Waals surface area contributed by atoms with Gasteiger partial charge in [-0.3, -0.25) is 0 Å². The molecular formula is C11H20O. The molecular weight excluding hydrogens is 148 g/mol. The molecule has 0 spiro atoms. The maximum Gasteiger partial charge on any atom is 0.0576 e. The van der Waals surface area contributed by atoms with Gasteiger partial charge in [0.2, 0.25) is 0 Å². The molecule has 0 N–H and O–H groups in total. The normalized spacial score (nSPS) is 46.5. The molecule has 0 aliphatic heterocycles. The molecule has 0 saturated heterocycles. The van der Waals surface area contributed by atoms with Crippen molar-refractivity contribution in [2.75, 3.05) is 7.11 Å². The van der Waals surface area contributed by atoms with E-state index in [-0.39, 0.29) is 0 Å². The molecule has 0 bridgehead atoms. The van der Waals surface area contributed by atoms with E-state index in [4.69, 9.17) is 4.74 Å². The zero-order chi connectivity index (χ0) is 8.55. The van der Waals surface area contributed by atoms with E-state index in [0.29, 0.717) is 6.10 Å². The standard InChI is InChI=1S/C11H20O/c1-3-8-4-9-6-11(12-2)7-10(9)5-8/h8-11H,3-7H2,1-2H3. The average Bonchev–Trinajstić information content (AvgIpc) is 2.59. The summed E-state index contributed by atoms with van der Waals surface area (Å²) in [5.74, 6) is 3.07. The second-order valence-electron chi connectivity index (χ2n) is 4.59. The van der Waals surface area contributed by atoms with E-state index >= 15 is 0 Å². The smallest absolute Gasteiger partial charge is 0.0576 e. The van der Waals surface area contributed by atoms with E-state index < -0.39 is 0 Å². The lowest BCUT2D eigenvalue weighted by Crippen LogP contribution is -2.07. The number of rotatable bonds is 2. The molecule has 2 aliphatic rings. The maximum absolute atomic E-state index is 5.42. The van der Waals surface area contributed by atoms with Gasteiger partial charge in [0.15, 0.2) is 0 Å². The summed E-state index contributed by atoms with van der Waals surface area (Å²) >= 11 is 0. The van der Waals surface area contributed by atoms with Crippen molar-refractivity contribution in [2.24, 2.45) is 17.8 Å². The molecule has 2 unspecified atom stereocenters. The predicted octanol–water partition coefficient (Wildman–Crippen LogP) is 2.85. The first-order valence-corrected chi connectivity index (χ1v) is 5.36. The first kappa shape index (κ1) is 8.55. The van der Waals surface area contributed by atoms with Gasteiger partial charge < -0.3 is 4.74 Å². The van der Waals surface area contributed by atoms with E-state index in [0.717, 1.165) is 17.8 Å². The highest BCUT2D eigenvalue weighted by Gasteiger charge is 2.40. The van der Waals surface area contributed by atoms with Crippen LogP contribution in [0.3, 0.4) is 0 Å². The van der Waals surface area contributed by atoms with Gasteiger partial charge in [-0.2, -0.15) is 0 Å². The highest BCUT2D eigenvalue weighted by molar-refractivity contribution is 4.91. The first-order chi connectivity index (χ1) is 5.83. The Hall–Kier alpha value is -0.0400. The fourth-order valence-corrected chi connectivity index (χ4v) is 3.21. The minimum Gasteiger partial charge on any atom is -0.381 e. The van der Waals surface area contributed by atoms with Crippen molar-refractivity contribution in [1.82, 2.24) is 0 Å². The van der Waals surface area contributed by atoms with Gasteiger partial charge in [0.1, 0.15) is 0 Å². The van der Waals surface area contributed by atoms with Gasteiger partial charge in [0.05, 0.1) is 6.10 Å². The molecule has 1 heteroatoms. The first-order valence-electron chi connectivity index (χ1n) is 5.36. The van der Waals surface area contributed by atoms with Crippen LogP contribution in [0.2, 0.25) is 0 Å². The Morgan fingerprint density at radius 1 is 1.08 bits per heavy atom. The number of methoxy groups -OCH3 is 1. The summed E-state index contributed by atoms with van der Waals surface area (Å²) in [5.41, 5.74) is 0. The van der Waals surface area contributed by atoms with Gasteiger partial charge in [-0.25, -0.2) is 0 Å². The molecule has 0 aromatic rings. The van der Waals surface area contributed by atoms with Crippen molar-refractivity contribution < 1.29 is 4.74 Å². The lowest BCUT2D eigenvalue weighted by molar-refractivity contribution is 0.0994. The van der Waals surface area contributed by atoms with E-state index in [1.165, 1.54) is 32.1 Å². The SMILES string of the molecule is CCC1CC2CC(OC)CC2C1. The molecule has 0 aromatic heterocycles. The Bertz CT molecular complexity index is 125. The Kier molecular flexibility index (Phi) is 2.40. The van der Waals surface area contributed by atoms with Crippen LogP contribution in [0.15, 0.2) is 0 Å². The monoisotopic (exact) mass is 168 g/mol. The van der Waals surface area contributed by atoms with Crippen molar-refractivity contribution >= 4 is 0 Å². The molecule has 0 heterocycles. The lowest BCUT2D eigenvalue weighted by Gasteiger charge is -2.11. The lowest BCUT2D eigenvalue weighted by atomic mass is 10.0. The maximum atomic E-state index is 5.42. The fourth-order valence-electron chi connectivity index (χ4n) is 3.21. The van der Waals surface area contributed by atoms with Gasteiger partial charge in [-0.1, -0.05) is 13.3 Å². The third-order valence-corrected chi connectivity index (χ3v) is 3.98. The summed E-state index contributed by atoms with van der Waals surface area (Å²) in [6.07, 6.45) is 7.65. The number of fused-ring (bicyclic) bond motifs is 1. The van der Waals surface area contributed by atoms with Gasteiger partial charge in [0.25, 0.3) is 0 Å². The summed E-state index contributed by atoms with van der Waals surface area (Å²) in [5, 5.41) is 0. The molecule has 12 heavy (non-hydrogen) atoms. The highest BCUT2D eigenvalue weighted by atomic mass is 16.5. The summed E-state index contributed by atoms with van der Waals surface area (Å²) < 4.78 is 5.42. The predicted molar refractivity (Wildman–Crippen MR) is 50.0 cm³/mol. The van der Waals surface area contributed by atoms with Crippen LogP contribution >= 0.6 is 0 Å². The molecule has 2 rings (SSSR count). The van der Waals surface area contributed by atoms with Gasteiger partial charge in [-0.05, 0) is 43.4 Å². The minimum atomic E-state index is 0.595. The highest BCUT2D eigenvalue weighted by Crippen LogP contribution is 2.48. The van der Waals surface area contributed by atoms with Gasteiger partial charge in [0, 0.05) is 7.11 Å². The van der Waals surface area contributed by atoms with Crippen LogP contribution in [0.1, 0.15) is 39.0 Å². The molecule has 2 aliphatic carbocycles. The Balaban J connectivity index is 1.89. The number of ether oxygens (including phenoxy) is 1. The van der Waals surface area contributed by atoms with Crippen LogP contribution in [-0.4, -0.2) is 13.2 Å². The zero-order valence-electron chi connectivity index (χ0n) is 8.25. The van der Waals surface area contributed by atoms with Gasteiger partial charge >= 0.3 is 0 Å². The van der Waals surface area contributed by atoms with Crippen LogP contribution in [-0.2, 0) is 4.74 Å². The fraction of sp³-hybridized carbons (Fsp3) is 1.00. The van der Waals surface area contributed by atoms with Crippen molar-refractivity contribution in [3.05, 3.63) is 0 Å². The summed E-state index contributed by atoms with van der Waals surface area (Å²) in [6.45, 7) is 2.33. The number of hydrogen-bond acceptors (Lipinski definition) is 1. The van der Waals surface area contributed by atoms with Crippen LogP contribution in [0, 0.1) is 17.8 Å². The topological polar surface area (TPSA) is 9.23 Å². The van der Waals surface area contributed by atoms with E-state index in [1.807, 2.05) is 7.11 Å². The van der Waals surface area contributed by atoms with Crippen molar-refractivity contribution in [3.63, 3.8) is 0 Å². The largest absolute Gasteiger partial charge is 0.381 e. The van der Waals surface area contributed by atoms with Crippen LogP contribution in [0.25, 0.3) is 0 Å². The molecule has 0 amide bonds. The van der Waals surface area contributed by atoms with Crippen molar-refractivity contribution in [1.29, 1.82) is 0 Å². The molecule has 2 saturated carbocycles.